The van der Waals surface area contributed by atoms with Gasteiger partial charge in [-0.3, -0.25) is 4.79 Å². The summed E-state index contributed by atoms with van der Waals surface area (Å²) < 4.78 is 11.6. The molecule has 0 bridgehead atoms. The average Bonchev–Trinajstić information content (AvgIpc) is 2.96. The number of aryl methyl sites for hydroxylation is 1. The molecule has 0 aliphatic carbocycles. The van der Waals surface area contributed by atoms with Crippen LogP contribution in [0, 0.1) is 12.8 Å². The van der Waals surface area contributed by atoms with Crippen molar-refractivity contribution in [1.82, 2.24) is 4.90 Å². The average molecular weight is 551 g/mol. The van der Waals surface area contributed by atoms with E-state index in [1.807, 2.05) is 72.5 Å². The van der Waals surface area contributed by atoms with Gasteiger partial charge >= 0.3 is 0 Å². The van der Waals surface area contributed by atoms with Gasteiger partial charge in [0.1, 0.15) is 5.75 Å². The number of amides is 1. The molecular weight excluding hydrogens is 512 g/mol. The van der Waals surface area contributed by atoms with Crippen molar-refractivity contribution in [2.24, 2.45) is 11.7 Å². The first-order chi connectivity index (χ1) is 18.9. The van der Waals surface area contributed by atoms with Gasteiger partial charge in [0.15, 0.2) is 5.75 Å². The summed E-state index contributed by atoms with van der Waals surface area (Å²) in [6.07, 6.45) is 3.65. The Balaban J connectivity index is 1.66. The summed E-state index contributed by atoms with van der Waals surface area (Å²) in [4.78, 5) is 15.3. The number of unbranched alkanes of at least 4 members (excludes halogenated alkanes) is 1. The largest absolute Gasteiger partial charge is 0.455 e. The van der Waals surface area contributed by atoms with Crippen molar-refractivity contribution in [1.29, 1.82) is 0 Å². The van der Waals surface area contributed by atoms with Crippen LogP contribution in [-0.4, -0.2) is 42.7 Å². The summed E-state index contributed by atoms with van der Waals surface area (Å²) in [5, 5.41) is 13.0. The number of piperidine rings is 1. The molecule has 1 aliphatic rings. The first-order valence-corrected chi connectivity index (χ1v) is 14.1. The number of para-hydroxylation sites is 1. The molecule has 4 rings (SSSR count). The third kappa shape index (κ3) is 7.00. The summed E-state index contributed by atoms with van der Waals surface area (Å²) >= 11 is 6.70. The van der Waals surface area contributed by atoms with Crippen LogP contribution >= 0.6 is 11.6 Å². The molecule has 1 fully saturated rings. The van der Waals surface area contributed by atoms with Crippen LogP contribution < -0.4 is 10.5 Å². The number of hydrogen-bond donors (Lipinski definition) is 2. The molecule has 0 spiro atoms. The van der Waals surface area contributed by atoms with E-state index in [4.69, 9.17) is 26.8 Å². The molecule has 6 nitrogen and oxygen atoms in total. The van der Waals surface area contributed by atoms with E-state index in [2.05, 4.69) is 0 Å². The van der Waals surface area contributed by atoms with Crippen molar-refractivity contribution in [2.45, 2.75) is 51.2 Å². The van der Waals surface area contributed by atoms with Crippen LogP contribution in [-0.2, 0) is 16.9 Å². The molecule has 1 saturated heterocycles. The monoisotopic (exact) mass is 550 g/mol. The molecule has 3 N–H and O–H groups in total. The van der Waals surface area contributed by atoms with Crippen molar-refractivity contribution in [3.63, 3.8) is 0 Å². The summed E-state index contributed by atoms with van der Waals surface area (Å²) in [6, 6.07) is 20.7. The van der Waals surface area contributed by atoms with Gasteiger partial charge in [0, 0.05) is 50.4 Å². The Morgan fingerprint density at radius 2 is 1.90 bits per heavy atom. The number of nitrogens with zero attached hydrogens (tertiary/aromatic N) is 1. The molecule has 1 heterocycles. The molecule has 0 radical (unpaired) electrons. The third-order valence-electron chi connectivity index (χ3n) is 7.62. The second-order valence-corrected chi connectivity index (χ2v) is 10.8. The van der Waals surface area contributed by atoms with Gasteiger partial charge in [0.25, 0.3) is 5.91 Å². The van der Waals surface area contributed by atoms with Gasteiger partial charge in [-0.2, -0.15) is 0 Å². The second kappa shape index (κ2) is 13.4. The Hall–Kier alpha value is -2.90. The Labute approximate surface area is 236 Å². The molecule has 3 aromatic carbocycles. The number of halogens is 1. The molecule has 3 aromatic rings. The smallest absolute Gasteiger partial charge is 0.253 e. The van der Waals surface area contributed by atoms with E-state index in [0.29, 0.717) is 60.3 Å². The molecular formula is C32H39ClN2O4. The quantitative estimate of drug-likeness (QED) is 0.268. The van der Waals surface area contributed by atoms with Gasteiger partial charge < -0.3 is 25.2 Å². The summed E-state index contributed by atoms with van der Waals surface area (Å²) in [7, 11) is 1.68. The fourth-order valence-corrected chi connectivity index (χ4v) is 5.68. The maximum Gasteiger partial charge on any atom is 0.253 e. The van der Waals surface area contributed by atoms with Crippen LogP contribution in [0.25, 0.3) is 0 Å². The molecule has 1 aliphatic heterocycles. The van der Waals surface area contributed by atoms with E-state index in [-0.39, 0.29) is 11.8 Å². The molecule has 7 heteroatoms. The number of carbonyl (C=O) groups is 1. The first kappa shape index (κ1) is 29.1. The number of ether oxygens (including phenoxy) is 2. The zero-order valence-corrected chi connectivity index (χ0v) is 23.6. The van der Waals surface area contributed by atoms with Crippen molar-refractivity contribution in [3.8, 4) is 11.5 Å². The van der Waals surface area contributed by atoms with Crippen molar-refractivity contribution >= 4 is 17.5 Å². The molecule has 39 heavy (non-hydrogen) atoms. The Kier molecular flexibility index (Phi) is 10.0. The van der Waals surface area contributed by atoms with Gasteiger partial charge in [-0.1, -0.05) is 48.0 Å². The lowest BCUT2D eigenvalue weighted by Crippen LogP contribution is -2.48. The predicted molar refractivity (Wildman–Crippen MR) is 155 cm³/mol. The van der Waals surface area contributed by atoms with E-state index in [1.54, 1.807) is 13.2 Å². The normalized spacial score (nSPS) is 17.1. The van der Waals surface area contributed by atoms with Crippen LogP contribution in [0.5, 0.6) is 11.5 Å². The molecule has 0 aromatic heterocycles. The van der Waals surface area contributed by atoms with Gasteiger partial charge in [-0.05, 0) is 80.5 Å². The van der Waals surface area contributed by atoms with Crippen LogP contribution in [0.2, 0.25) is 5.02 Å². The van der Waals surface area contributed by atoms with Gasteiger partial charge in [0.05, 0.1) is 10.6 Å². The van der Waals surface area contributed by atoms with E-state index in [1.165, 1.54) is 0 Å². The summed E-state index contributed by atoms with van der Waals surface area (Å²) in [5.41, 5.74) is 7.81. The van der Waals surface area contributed by atoms with Gasteiger partial charge in [0.2, 0.25) is 0 Å². The minimum Gasteiger partial charge on any atom is -0.455 e. The van der Waals surface area contributed by atoms with Gasteiger partial charge in [-0.15, -0.1) is 0 Å². The summed E-state index contributed by atoms with van der Waals surface area (Å²) in [6.45, 7) is 4.14. The van der Waals surface area contributed by atoms with E-state index < -0.39 is 5.60 Å². The molecule has 2 unspecified atom stereocenters. The lowest BCUT2D eigenvalue weighted by molar-refractivity contribution is -0.0589. The topological polar surface area (TPSA) is 85.0 Å². The number of methoxy groups -OCH3 is 1. The Morgan fingerprint density at radius 3 is 2.62 bits per heavy atom. The molecule has 0 saturated carbocycles. The fraction of sp³-hybridized carbons (Fsp3) is 0.406. The SMILES string of the molecule is COCCCCC(O)(c1cccc(Cl)c1Oc1cccc(C)c1)C1CCCN(C(=O)c2ccc(CN)cc2)C1. The molecule has 2 atom stereocenters. The maximum atomic E-state index is 13.5. The number of carbonyl (C=O) groups excluding carboxylic acids is 1. The number of benzene rings is 3. The van der Waals surface area contributed by atoms with E-state index in [0.717, 1.165) is 36.8 Å². The highest BCUT2D eigenvalue weighted by molar-refractivity contribution is 6.32. The minimum atomic E-state index is -1.25. The number of likely N-dealkylation sites (tertiary alicyclic amines) is 1. The highest BCUT2D eigenvalue weighted by atomic mass is 35.5. The van der Waals surface area contributed by atoms with Crippen molar-refractivity contribution in [2.75, 3.05) is 26.8 Å². The Bertz CT molecular complexity index is 1250. The number of rotatable bonds is 11. The van der Waals surface area contributed by atoms with Crippen LogP contribution in [0.1, 0.15) is 59.2 Å². The third-order valence-corrected chi connectivity index (χ3v) is 7.92. The maximum absolute atomic E-state index is 13.5. The highest BCUT2D eigenvalue weighted by Gasteiger charge is 2.43. The summed E-state index contributed by atoms with van der Waals surface area (Å²) in [5.74, 6) is 0.888. The zero-order chi connectivity index (χ0) is 27.8. The number of hydrogen-bond acceptors (Lipinski definition) is 5. The predicted octanol–water partition coefficient (Wildman–Crippen LogP) is 6.46. The Morgan fingerprint density at radius 1 is 1.13 bits per heavy atom. The standard InChI is InChI=1S/C32H39ClN2O4/c1-23-8-5-10-27(20-23)39-30-28(11-6-12-29(30)33)32(37,17-3-4-19-38-2)26-9-7-18-35(22-26)31(36)25-15-13-24(21-34)14-16-25/h5-6,8,10-16,20,26,37H,3-4,7,9,17-19,21-22,34H2,1-2H3. The lowest BCUT2D eigenvalue weighted by Gasteiger charge is -2.43. The second-order valence-electron chi connectivity index (χ2n) is 10.4. The van der Waals surface area contributed by atoms with Crippen LogP contribution in [0.3, 0.4) is 0 Å². The first-order valence-electron chi connectivity index (χ1n) is 13.7. The van der Waals surface area contributed by atoms with Crippen molar-refractivity contribution < 1.29 is 19.4 Å². The van der Waals surface area contributed by atoms with Crippen LogP contribution in [0.4, 0.5) is 0 Å². The number of aliphatic hydroxyl groups is 1. The van der Waals surface area contributed by atoms with Crippen molar-refractivity contribution in [3.05, 3.63) is 94.0 Å². The lowest BCUT2D eigenvalue weighted by atomic mass is 9.73. The van der Waals surface area contributed by atoms with E-state index >= 15 is 0 Å². The van der Waals surface area contributed by atoms with Gasteiger partial charge in [-0.25, -0.2) is 0 Å². The fourth-order valence-electron chi connectivity index (χ4n) is 5.47. The number of nitrogens with two attached hydrogens (primary N) is 1. The highest BCUT2D eigenvalue weighted by Crippen LogP contribution is 2.47. The van der Waals surface area contributed by atoms with E-state index in [9.17, 15) is 9.90 Å². The molecule has 208 valence electrons. The zero-order valence-electron chi connectivity index (χ0n) is 22.9. The van der Waals surface area contributed by atoms with Crippen LogP contribution in [0.15, 0.2) is 66.7 Å². The minimum absolute atomic E-state index is 0.0349. The molecule has 1 amide bonds.